The highest BCUT2D eigenvalue weighted by Gasteiger charge is 2.12. The number of aromatic hydroxyl groups is 1. The molecule has 9 nitrogen and oxygen atoms in total. The van der Waals surface area contributed by atoms with Gasteiger partial charge in [-0.15, -0.1) is 0 Å². The van der Waals surface area contributed by atoms with E-state index in [1.54, 1.807) is 12.1 Å². The first-order valence-corrected chi connectivity index (χ1v) is 6.42. The first kappa shape index (κ1) is 15.9. The van der Waals surface area contributed by atoms with Crippen LogP contribution < -0.4 is 11.0 Å². The van der Waals surface area contributed by atoms with Crippen molar-refractivity contribution < 1.29 is 14.8 Å². The second-order valence-electron chi connectivity index (χ2n) is 4.47. The van der Waals surface area contributed by atoms with Gasteiger partial charge in [0.25, 0.3) is 11.5 Å². The topological polar surface area (TPSA) is 127 Å². The number of nitrogens with zero attached hydrogens (tertiary/aromatic N) is 3. The van der Waals surface area contributed by atoms with Crippen molar-refractivity contribution in [1.82, 2.24) is 9.99 Å². The number of pyridine rings is 1. The summed E-state index contributed by atoms with van der Waals surface area (Å²) in [7, 11) is 0. The van der Waals surface area contributed by atoms with Gasteiger partial charge >= 0.3 is 5.69 Å². The van der Waals surface area contributed by atoms with E-state index in [0.29, 0.717) is 5.56 Å². The van der Waals surface area contributed by atoms with Crippen LogP contribution in [0.25, 0.3) is 0 Å². The van der Waals surface area contributed by atoms with E-state index in [9.17, 15) is 24.8 Å². The zero-order valence-corrected chi connectivity index (χ0v) is 11.7. The molecule has 1 heterocycles. The lowest BCUT2D eigenvalue weighted by atomic mass is 10.2. The molecule has 0 spiro atoms. The Morgan fingerprint density at radius 3 is 2.87 bits per heavy atom. The highest BCUT2D eigenvalue weighted by Crippen LogP contribution is 2.25. The Morgan fingerprint density at radius 1 is 1.39 bits per heavy atom. The molecule has 0 aliphatic heterocycles. The van der Waals surface area contributed by atoms with Crippen LogP contribution in [0.2, 0.25) is 0 Å². The molecule has 0 bridgehead atoms. The van der Waals surface area contributed by atoms with E-state index in [-0.39, 0.29) is 12.1 Å². The molecule has 1 aromatic heterocycles. The van der Waals surface area contributed by atoms with Gasteiger partial charge in [0, 0.05) is 23.9 Å². The van der Waals surface area contributed by atoms with Crippen molar-refractivity contribution in [3.05, 3.63) is 68.6 Å². The van der Waals surface area contributed by atoms with Crippen LogP contribution in [0.15, 0.2) is 52.5 Å². The maximum Gasteiger partial charge on any atom is 0.311 e. The second-order valence-corrected chi connectivity index (χ2v) is 4.47. The normalized spacial score (nSPS) is 10.6. The molecule has 0 aliphatic carbocycles. The molecule has 9 heteroatoms. The number of amides is 1. The molecule has 0 radical (unpaired) electrons. The minimum atomic E-state index is -0.729. The molecule has 1 amide bonds. The van der Waals surface area contributed by atoms with E-state index < -0.39 is 22.3 Å². The third kappa shape index (κ3) is 4.24. The number of hydrogen-bond acceptors (Lipinski definition) is 6. The monoisotopic (exact) mass is 316 g/mol. The number of phenolic OH excluding ortho intramolecular Hbond substituents is 1. The molecule has 0 saturated carbocycles. The van der Waals surface area contributed by atoms with Crippen LogP contribution in [-0.2, 0) is 11.3 Å². The van der Waals surface area contributed by atoms with Gasteiger partial charge in [0.05, 0.1) is 11.1 Å². The molecule has 1 aromatic carbocycles. The quantitative estimate of drug-likeness (QED) is 0.475. The number of nitrogens with one attached hydrogen (secondary N) is 1. The zero-order valence-electron chi connectivity index (χ0n) is 11.7. The van der Waals surface area contributed by atoms with Gasteiger partial charge in [0.2, 0.25) is 0 Å². The smallest absolute Gasteiger partial charge is 0.311 e. The number of hydrazone groups is 1. The van der Waals surface area contributed by atoms with Crippen molar-refractivity contribution >= 4 is 17.8 Å². The Kier molecular flexibility index (Phi) is 4.82. The maximum absolute atomic E-state index is 11.7. The average molecular weight is 316 g/mol. The summed E-state index contributed by atoms with van der Waals surface area (Å²) in [5.74, 6) is -0.984. The number of carbonyl (C=O) groups excluding carboxylic acids is 1. The van der Waals surface area contributed by atoms with Gasteiger partial charge < -0.3 is 9.67 Å². The number of phenols is 1. The van der Waals surface area contributed by atoms with Gasteiger partial charge in [-0.2, -0.15) is 5.10 Å². The summed E-state index contributed by atoms with van der Waals surface area (Å²) < 4.78 is 1.20. The van der Waals surface area contributed by atoms with E-state index in [2.05, 4.69) is 10.5 Å². The summed E-state index contributed by atoms with van der Waals surface area (Å²) >= 11 is 0. The van der Waals surface area contributed by atoms with E-state index in [0.717, 1.165) is 12.1 Å². The summed E-state index contributed by atoms with van der Waals surface area (Å²) in [4.78, 5) is 33.1. The molecular formula is C14H12N4O5. The van der Waals surface area contributed by atoms with Gasteiger partial charge in [-0.25, -0.2) is 5.43 Å². The lowest BCUT2D eigenvalue weighted by Crippen LogP contribution is -2.28. The summed E-state index contributed by atoms with van der Waals surface area (Å²) in [6.45, 7) is -0.202. The van der Waals surface area contributed by atoms with Crippen LogP contribution in [0, 0.1) is 10.1 Å². The maximum atomic E-state index is 11.7. The third-order valence-corrected chi connectivity index (χ3v) is 2.81. The highest BCUT2D eigenvalue weighted by atomic mass is 16.6. The van der Waals surface area contributed by atoms with Crippen molar-refractivity contribution in [2.24, 2.45) is 5.10 Å². The van der Waals surface area contributed by atoms with E-state index in [4.69, 9.17) is 0 Å². The number of benzene rings is 1. The van der Waals surface area contributed by atoms with Gasteiger partial charge in [0.1, 0.15) is 6.54 Å². The number of rotatable bonds is 5. The standard InChI is InChI=1S/C14H12N4O5/c19-12-5-4-10(7-11(12)18(22)23)8-15-16-13(20)9-17-6-2-1-3-14(17)21/h1-8,19H,9H2,(H,16,20)/b15-8+. The Balaban J connectivity index is 2.00. The first-order valence-electron chi connectivity index (χ1n) is 6.42. The van der Waals surface area contributed by atoms with Crippen LogP contribution >= 0.6 is 0 Å². The van der Waals surface area contributed by atoms with Crippen molar-refractivity contribution in [2.45, 2.75) is 6.54 Å². The van der Waals surface area contributed by atoms with Gasteiger partial charge in [0.15, 0.2) is 5.75 Å². The molecule has 0 atom stereocenters. The molecule has 2 N–H and O–H groups in total. The number of nitro benzene ring substituents is 1. The molecule has 118 valence electrons. The summed E-state index contributed by atoms with van der Waals surface area (Å²) in [6.07, 6.45) is 2.66. The molecule has 2 aromatic rings. The predicted octanol–water partition coefficient (Wildman–Crippen LogP) is 0.612. The Labute approximate surface area is 129 Å². The number of nitro groups is 1. The van der Waals surface area contributed by atoms with Gasteiger partial charge in [-0.3, -0.25) is 19.7 Å². The predicted molar refractivity (Wildman–Crippen MR) is 81.2 cm³/mol. The Morgan fingerprint density at radius 2 is 2.17 bits per heavy atom. The van der Waals surface area contributed by atoms with Crippen LogP contribution in [0.5, 0.6) is 5.75 Å². The van der Waals surface area contributed by atoms with E-state index in [1.165, 1.54) is 29.1 Å². The zero-order chi connectivity index (χ0) is 16.8. The number of hydrogen-bond donors (Lipinski definition) is 2. The SMILES string of the molecule is O=C(Cn1ccccc1=O)N/N=C/c1ccc(O)c([N+](=O)[O-])c1. The van der Waals surface area contributed by atoms with Gasteiger partial charge in [-0.1, -0.05) is 6.07 Å². The molecule has 0 fully saturated rings. The minimum Gasteiger partial charge on any atom is -0.502 e. The molecule has 2 rings (SSSR count). The summed E-state index contributed by atoms with van der Waals surface area (Å²) in [5.41, 5.74) is 1.75. The lowest BCUT2D eigenvalue weighted by Gasteiger charge is -2.03. The lowest BCUT2D eigenvalue weighted by molar-refractivity contribution is -0.385. The van der Waals surface area contributed by atoms with Crippen LogP contribution in [0.4, 0.5) is 5.69 Å². The fraction of sp³-hybridized carbons (Fsp3) is 0.0714. The van der Waals surface area contributed by atoms with Crippen LogP contribution in [-0.4, -0.2) is 26.7 Å². The van der Waals surface area contributed by atoms with Crippen molar-refractivity contribution in [3.63, 3.8) is 0 Å². The fourth-order valence-electron chi connectivity index (χ4n) is 1.73. The Bertz CT molecular complexity index is 828. The van der Waals surface area contributed by atoms with E-state index >= 15 is 0 Å². The largest absolute Gasteiger partial charge is 0.502 e. The minimum absolute atomic E-state index is 0.202. The van der Waals surface area contributed by atoms with Crippen LogP contribution in [0.3, 0.4) is 0 Å². The molecule has 0 saturated heterocycles. The second kappa shape index (κ2) is 6.98. The van der Waals surface area contributed by atoms with Gasteiger partial charge in [-0.05, 0) is 18.2 Å². The van der Waals surface area contributed by atoms with Crippen LogP contribution in [0.1, 0.15) is 5.56 Å². The van der Waals surface area contributed by atoms with E-state index in [1.807, 2.05) is 0 Å². The highest BCUT2D eigenvalue weighted by molar-refractivity contribution is 5.83. The first-order chi connectivity index (χ1) is 11.0. The summed E-state index contributed by atoms with van der Waals surface area (Å²) in [5, 5.41) is 23.7. The molecule has 0 aliphatic rings. The third-order valence-electron chi connectivity index (χ3n) is 2.81. The molecular weight excluding hydrogens is 304 g/mol. The van der Waals surface area contributed by atoms with Crippen molar-refractivity contribution in [1.29, 1.82) is 0 Å². The molecule has 23 heavy (non-hydrogen) atoms. The summed E-state index contributed by atoms with van der Waals surface area (Å²) in [6, 6.07) is 8.18. The van der Waals surface area contributed by atoms with Crippen molar-refractivity contribution in [3.8, 4) is 5.75 Å². The Hall–Kier alpha value is -3.49. The van der Waals surface area contributed by atoms with Crippen molar-refractivity contribution in [2.75, 3.05) is 0 Å². The average Bonchev–Trinajstić information content (AvgIpc) is 2.51. The number of carbonyl (C=O) groups is 1. The number of aromatic nitrogens is 1. The molecule has 0 unspecified atom stereocenters. The fourth-order valence-corrected chi connectivity index (χ4v) is 1.73.